The Bertz CT molecular complexity index is 1180. The van der Waals surface area contributed by atoms with Crippen molar-refractivity contribution in [1.29, 1.82) is 0 Å². The molecule has 200 valence electrons. The van der Waals surface area contributed by atoms with Crippen LogP contribution in [0.1, 0.15) is 54.0 Å². The summed E-state index contributed by atoms with van der Waals surface area (Å²) in [4.78, 5) is 14.3. The van der Waals surface area contributed by atoms with Crippen LogP contribution in [0.4, 0.5) is 10.5 Å². The van der Waals surface area contributed by atoms with Crippen LogP contribution in [-0.2, 0) is 20.8 Å². The normalized spacial score (nSPS) is 20.1. The maximum Gasteiger partial charge on any atom is 0.411 e. The van der Waals surface area contributed by atoms with Gasteiger partial charge in [-0.3, -0.25) is 10.2 Å². The van der Waals surface area contributed by atoms with Gasteiger partial charge in [0.15, 0.2) is 6.29 Å². The predicted molar refractivity (Wildman–Crippen MR) is 148 cm³/mol. The number of carbonyl (C=O) groups is 1. The summed E-state index contributed by atoms with van der Waals surface area (Å²) in [5.74, 6) is 0. The number of nitrogens with one attached hydrogen (secondary N) is 1. The number of aliphatic hydroxyl groups is 1. The number of nitrogens with zero attached hydrogens (tertiary/aromatic N) is 1. The van der Waals surface area contributed by atoms with Crippen molar-refractivity contribution < 1.29 is 24.1 Å². The maximum atomic E-state index is 12.0. The van der Waals surface area contributed by atoms with Crippen LogP contribution in [0.2, 0.25) is 0 Å². The van der Waals surface area contributed by atoms with Crippen LogP contribution < -0.4 is 5.32 Å². The highest BCUT2D eigenvalue weighted by atomic mass is 16.7. The molecule has 0 bridgehead atoms. The lowest BCUT2D eigenvalue weighted by Gasteiger charge is -2.39. The maximum absolute atomic E-state index is 12.0. The van der Waals surface area contributed by atoms with Gasteiger partial charge < -0.3 is 19.3 Å². The van der Waals surface area contributed by atoms with E-state index in [9.17, 15) is 9.90 Å². The van der Waals surface area contributed by atoms with Gasteiger partial charge in [-0.05, 0) is 42.8 Å². The van der Waals surface area contributed by atoms with Crippen LogP contribution in [-0.4, -0.2) is 42.4 Å². The molecule has 4 atom stereocenters. The van der Waals surface area contributed by atoms with E-state index in [-0.39, 0.29) is 31.5 Å². The zero-order valence-electron chi connectivity index (χ0n) is 22.0. The van der Waals surface area contributed by atoms with Gasteiger partial charge >= 0.3 is 6.09 Å². The van der Waals surface area contributed by atoms with Gasteiger partial charge in [-0.15, -0.1) is 0 Å². The number of aliphatic hydroxyl groups excluding tert-OH is 1. The lowest BCUT2D eigenvalue weighted by molar-refractivity contribution is -0.253. The molecular weight excluding hydrogens is 480 g/mol. The van der Waals surface area contributed by atoms with Crippen molar-refractivity contribution in [3.05, 3.63) is 114 Å². The van der Waals surface area contributed by atoms with E-state index in [0.717, 1.165) is 16.7 Å². The molecule has 1 amide bonds. The van der Waals surface area contributed by atoms with Gasteiger partial charge in [-0.2, -0.15) is 0 Å². The summed E-state index contributed by atoms with van der Waals surface area (Å²) < 4.78 is 18.0. The fourth-order valence-electron chi connectivity index (χ4n) is 4.55. The lowest BCUT2D eigenvalue weighted by Crippen LogP contribution is -2.38. The Kier molecular flexibility index (Phi) is 9.67. The summed E-state index contributed by atoms with van der Waals surface area (Å²) in [7, 11) is 2.11. The highest BCUT2D eigenvalue weighted by Gasteiger charge is 2.33. The van der Waals surface area contributed by atoms with E-state index in [1.165, 1.54) is 11.6 Å². The molecule has 0 aliphatic carbocycles. The second-order valence-electron chi connectivity index (χ2n) is 9.51. The number of benzene rings is 3. The Morgan fingerprint density at radius 2 is 1.87 bits per heavy atom. The van der Waals surface area contributed by atoms with Gasteiger partial charge in [0.05, 0.1) is 18.8 Å². The Morgan fingerprint density at radius 1 is 1.11 bits per heavy atom. The molecule has 1 fully saturated rings. The number of ether oxygens (including phenoxy) is 3. The Morgan fingerprint density at radius 3 is 2.58 bits per heavy atom. The molecule has 0 unspecified atom stereocenters. The molecule has 38 heavy (non-hydrogen) atoms. The van der Waals surface area contributed by atoms with Gasteiger partial charge in [-0.1, -0.05) is 79.4 Å². The number of anilines is 1. The van der Waals surface area contributed by atoms with Crippen molar-refractivity contribution in [2.75, 3.05) is 25.5 Å². The molecule has 0 spiro atoms. The minimum absolute atomic E-state index is 0.00262. The summed E-state index contributed by atoms with van der Waals surface area (Å²) in [6.07, 6.45) is 0.740. The standard InChI is InChI=1S/C31H36N2O5/c1-4-17-36-31(35)32-27-12-8-11-26(18-27)30-37-28(20-33(3)22(2)24-9-6-5-7-10-24)19-29(38-30)25-15-13-23(21-34)14-16-25/h4-16,18,22,28-30,34H,1,17,19-21H2,2-3H3,(H,32,35)/t22-,28-,29+,30+/m0/s1. The van der Waals surface area contributed by atoms with E-state index in [1.54, 1.807) is 6.07 Å². The van der Waals surface area contributed by atoms with Gasteiger partial charge in [0.2, 0.25) is 0 Å². The number of rotatable bonds is 10. The van der Waals surface area contributed by atoms with Crippen molar-refractivity contribution in [2.45, 2.75) is 44.5 Å². The first-order chi connectivity index (χ1) is 18.5. The molecule has 0 radical (unpaired) electrons. The summed E-state index contributed by atoms with van der Waals surface area (Å²) in [5, 5.41) is 12.2. The molecule has 1 aliphatic heterocycles. The zero-order chi connectivity index (χ0) is 26.9. The largest absolute Gasteiger partial charge is 0.445 e. The molecule has 2 N–H and O–H groups in total. The molecule has 1 saturated heterocycles. The monoisotopic (exact) mass is 516 g/mol. The zero-order valence-corrected chi connectivity index (χ0v) is 22.0. The molecule has 4 rings (SSSR count). The van der Waals surface area contributed by atoms with Crippen molar-refractivity contribution in [2.24, 2.45) is 0 Å². The average Bonchev–Trinajstić information content (AvgIpc) is 2.96. The number of hydrogen-bond donors (Lipinski definition) is 2. The highest BCUT2D eigenvalue weighted by molar-refractivity contribution is 5.84. The third-order valence-electron chi connectivity index (χ3n) is 6.79. The van der Waals surface area contributed by atoms with Gasteiger partial charge in [0.25, 0.3) is 0 Å². The minimum Gasteiger partial charge on any atom is -0.445 e. The molecule has 1 heterocycles. The average molecular weight is 517 g/mol. The van der Waals surface area contributed by atoms with Crippen LogP contribution >= 0.6 is 0 Å². The van der Waals surface area contributed by atoms with Gasteiger partial charge in [-0.25, -0.2) is 4.79 Å². The number of hydrogen-bond acceptors (Lipinski definition) is 6. The van der Waals surface area contributed by atoms with E-state index < -0.39 is 12.4 Å². The number of amides is 1. The topological polar surface area (TPSA) is 80.3 Å². The molecule has 7 heteroatoms. The van der Waals surface area contributed by atoms with Crippen LogP contribution in [0.15, 0.2) is 91.5 Å². The summed E-state index contributed by atoms with van der Waals surface area (Å²) in [5.41, 5.74) is 4.52. The second kappa shape index (κ2) is 13.3. The fourth-order valence-corrected chi connectivity index (χ4v) is 4.55. The molecule has 3 aromatic carbocycles. The third kappa shape index (κ3) is 7.30. The van der Waals surface area contributed by atoms with Crippen LogP contribution in [0.25, 0.3) is 0 Å². The van der Waals surface area contributed by atoms with Crippen LogP contribution in [0, 0.1) is 0 Å². The molecule has 7 nitrogen and oxygen atoms in total. The third-order valence-corrected chi connectivity index (χ3v) is 6.79. The molecule has 0 saturated carbocycles. The lowest BCUT2D eigenvalue weighted by atomic mass is 9.99. The summed E-state index contributed by atoms with van der Waals surface area (Å²) in [6.45, 7) is 6.60. The number of likely N-dealkylation sites (N-methyl/N-ethyl adjacent to an activating group) is 1. The molecular formula is C31H36N2O5. The first-order valence-electron chi connectivity index (χ1n) is 12.9. The summed E-state index contributed by atoms with van der Waals surface area (Å²) >= 11 is 0. The van der Waals surface area contributed by atoms with Crippen molar-refractivity contribution in [1.82, 2.24) is 4.90 Å². The van der Waals surface area contributed by atoms with Crippen molar-refractivity contribution in [3.63, 3.8) is 0 Å². The highest BCUT2D eigenvalue weighted by Crippen LogP contribution is 2.39. The van der Waals surface area contributed by atoms with E-state index in [0.29, 0.717) is 18.7 Å². The van der Waals surface area contributed by atoms with Crippen LogP contribution in [0.5, 0.6) is 0 Å². The SMILES string of the molecule is C=CCOC(=O)Nc1cccc([C@@H]2O[C@H](CN(C)[C@@H](C)c3ccccc3)C[C@H](c3ccc(CO)cc3)O2)c1. The minimum atomic E-state index is -0.623. The first-order valence-corrected chi connectivity index (χ1v) is 12.9. The smallest absolute Gasteiger partial charge is 0.411 e. The molecule has 0 aromatic heterocycles. The van der Waals surface area contributed by atoms with E-state index in [4.69, 9.17) is 14.2 Å². The number of carbonyl (C=O) groups excluding carboxylic acids is 1. The van der Waals surface area contributed by atoms with Gasteiger partial charge in [0, 0.05) is 30.3 Å². The Hall–Kier alpha value is -3.49. The quantitative estimate of drug-likeness (QED) is 0.315. The van der Waals surface area contributed by atoms with Crippen molar-refractivity contribution in [3.8, 4) is 0 Å². The Balaban J connectivity index is 1.54. The van der Waals surface area contributed by atoms with Crippen LogP contribution in [0.3, 0.4) is 0 Å². The van der Waals surface area contributed by atoms with E-state index in [2.05, 4.69) is 55.0 Å². The first kappa shape index (κ1) is 27.5. The van der Waals surface area contributed by atoms with E-state index >= 15 is 0 Å². The predicted octanol–water partition coefficient (Wildman–Crippen LogP) is 6.15. The van der Waals surface area contributed by atoms with Gasteiger partial charge in [0.1, 0.15) is 6.61 Å². The van der Waals surface area contributed by atoms with Crippen molar-refractivity contribution >= 4 is 11.8 Å². The Labute approximate surface area is 224 Å². The second-order valence-corrected chi connectivity index (χ2v) is 9.51. The molecule has 1 aliphatic rings. The van der Waals surface area contributed by atoms with E-state index in [1.807, 2.05) is 48.5 Å². The fraction of sp³-hybridized carbons (Fsp3) is 0.323. The summed E-state index contributed by atoms with van der Waals surface area (Å²) in [6, 6.07) is 25.9. The molecule has 3 aromatic rings.